The summed E-state index contributed by atoms with van der Waals surface area (Å²) in [6.45, 7) is 10.0. The van der Waals surface area contributed by atoms with Crippen LogP contribution in [0.25, 0.3) is 21.5 Å². The molecule has 170 valence electrons. The highest BCUT2D eigenvalue weighted by atomic mass is 16.5. The first-order valence-electron chi connectivity index (χ1n) is 12.2. The summed E-state index contributed by atoms with van der Waals surface area (Å²) in [5.41, 5.74) is 2.79. The largest absolute Gasteiger partial charge is 0.492 e. The Balaban J connectivity index is 2.12. The van der Waals surface area contributed by atoms with Crippen molar-refractivity contribution in [2.45, 2.75) is 66.2 Å². The van der Waals surface area contributed by atoms with Gasteiger partial charge in [0.2, 0.25) is 0 Å². The minimum Gasteiger partial charge on any atom is -0.492 e. The maximum atomic E-state index is 6.47. The Morgan fingerprint density at radius 2 is 1.09 bits per heavy atom. The van der Waals surface area contributed by atoms with Crippen LogP contribution in [0.15, 0.2) is 60.7 Å². The van der Waals surface area contributed by atoms with E-state index in [9.17, 15) is 0 Å². The minimum atomic E-state index is 0.712. The molecule has 0 spiro atoms. The van der Waals surface area contributed by atoms with Gasteiger partial charge >= 0.3 is 0 Å². The van der Waals surface area contributed by atoms with Crippen molar-refractivity contribution in [2.75, 3.05) is 13.2 Å². The molecule has 0 saturated heterocycles. The van der Waals surface area contributed by atoms with E-state index < -0.39 is 0 Å². The first-order valence-corrected chi connectivity index (χ1v) is 12.2. The van der Waals surface area contributed by atoms with Crippen LogP contribution >= 0.6 is 0 Å². The van der Waals surface area contributed by atoms with Crippen LogP contribution in [0.4, 0.5) is 0 Å². The Morgan fingerprint density at radius 1 is 0.656 bits per heavy atom. The van der Waals surface area contributed by atoms with E-state index in [0.29, 0.717) is 13.2 Å². The molecule has 3 aromatic rings. The normalized spacial score (nSPS) is 11.9. The summed E-state index contributed by atoms with van der Waals surface area (Å²) in [5.74, 6) is 1.99. The second-order valence-electron chi connectivity index (χ2n) is 8.20. The monoisotopic (exact) mass is 430 g/mol. The van der Waals surface area contributed by atoms with Crippen LogP contribution in [0.1, 0.15) is 64.5 Å². The maximum Gasteiger partial charge on any atom is 0.135 e. The molecule has 0 heterocycles. The molecule has 3 aromatic carbocycles. The fourth-order valence-electron chi connectivity index (χ4n) is 4.29. The molecule has 0 radical (unpaired) electrons. The molecule has 3 rings (SSSR count). The number of benzene rings is 3. The molecule has 0 aliphatic rings. The van der Waals surface area contributed by atoms with Gasteiger partial charge in [0, 0.05) is 21.5 Å². The summed E-state index contributed by atoms with van der Waals surface area (Å²) < 4.78 is 12.9. The summed E-state index contributed by atoms with van der Waals surface area (Å²) in [5, 5.41) is 4.63. The Morgan fingerprint density at radius 3 is 1.47 bits per heavy atom. The van der Waals surface area contributed by atoms with Gasteiger partial charge in [-0.1, -0.05) is 62.4 Å². The second-order valence-corrected chi connectivity index (χ2v) is 8.20. The third kappa shape index (κ3) is 5.54. The molecule has 2 heteroatoms. The smallest absolute Gasteiger partial charge is 0.135 e. The van der Waals surface area contributed by atoms with E-state index in [1.165, 1.54) is 21.9 Å². The standard InChI is InChI=1S/C30H38O2/c1-5-9-11-15-19-31-29-25-17-13-14-18-26(25)30(32-20-16-12-10-6-2)28-22-24(8-4)23(7-3)21-27(28)29/h5-6,9-10,13-14,17-18,21-22H,7-8,11-12,15-16,19-20H2,1-4H3/b9-5+,10-6+. The lowest BCUT2D eigenvalue weighted by Gasteiger charge is -2.20. The quantitative estimate of drug-likeness (QED) is 0.163. The van der Waals surface area contributed by atoms with E-state index in [4.69, 9.17) is 9.47 Å². The SMILES string of the molecule is C/C=C/CCCOc1c2ccccc2c(OCCC/C=C/C)c2cc(CC)c(CC)cc12. The average Bonchev–Trinajstić information content (AvgIpc) is 2.83. The van der Waals surface area contributed by atoms with Crippen molar-refractivity contribution in [3.63, 3.8) is 0 Å². The molecule has 0 unspecified atom stereocenters. The molecule has 0 aromatic heterocycles. The Hall–Kier alpha value is -2.74. The van der Waals surface area contributed by atoms with E-state index >= 15 is 0 Å². The minimum absolute atomic E-state index is 0.712. The van der Waals surface area contributed by atoms with Gasteiger partial charge in [0.1, 0.15) is 11.5 Å². The fraction of sp³-hybridized carbons (Fsp3) is 0.400. The Bertz CT molecular complexity index is 989. The molecular weight excluding hydrogens is 392 g/mol. The zero-order valence-corrected chi connectivity index (χ0v) is 20.2. The highest BCUT2D eigenvalue weighted by molar-refractivity contribution is 6.11. The Kier molecular flexibility index (Phi) is 9.22. The number of hydrogen-bond donors (Lipinski definition) is 0. The Labute approximate surface area is 193 Å². The van der Waals surface area contributed by atoms with Gasteiger partial charge < -0.3 is 9.47 Å². The summed E-state index contributed by atoms with van der Waals surface area (Å²) in [4.78, 5) is 0. The van der Waals surface area contributed by atoms with Gasteiger partial charge in [0.05, 0.1) is 13.2 Å². The molecule has 32 heavy (non-hydrogen) atoms. The predicted molar refractivity (Wildman–Crippen MR) is 139 cm³/mol. The first-order chi connectivity index (χ1) is 15.7. The molecule has 0 N–H and O–H groups in total. The zero-order chi connectivity index (χ0) is 22.8. The van der Waals surface area contributed by atoms with Gasteiger partial charge in [0.15, 0.2) is 0 Å². The molecule has 0 amide bonds. The molecule has 0 atom stereocenters. The molecule has 0 fully saturated rings. The molecule has 2 nitrogen and oxygen atoms in total. The highest BCUT2D eigenvalue weighted by Gasteiger charge is 2.18. The third-order valence-corrected chi connectivity index (χ3v) is 6.00. The molecular formula is C30H38O2. The van der Waals surface area contributed by atoms with Crippen LogP contribution in [0.5, 0.6) is 11.5 Å². The summed E-state index contributed by atoms with van der Waals surface area (Å²) >= 11 is 0. The van der Waals surface area contributed by atoms with Crippen LogP contribution < -0.4 is 9.47 Å². The predicted octanol–water partition coefficient (Wildman–Crippen LogP) is 8.59. The van der Waals surface area contributed by atoms with Crippen LogP contribution in [-0.2, 0) is 12.8 Å². The van der Waals surface area contributed by atoms with Crippen LogP contribution in [0.2, 0.25) is 0 Å². The van der Waals surface area contributed by atoms with E-state index in [1.54, 1.807) is 0 Å². The summed E-state index contributed by atoms with van der Waals surface area (Å²) in [6.07, 6.45) is 14.8. The van der Waals surface area contributed by atoms with Gasteiger partial charge in [0.25, 0.3) is 0 Å². The lowest BCUT2D eigenvalue weighted by Crippen LogP contribution is -2.03. The zero-order valence-electron chi connectivity index (χ0n) is 20.2. The van der Waals surface area contributed by atoms with Crippen LogP contribution in [0.3, 0.4) is 0 Å². The number of ether oxygens (including phenoxy) is 2. The number of aryl methyl sites for hydroxylation is 2. The van der Waals surface area contributed by atoms with Gasteiger partial charge in [-0.3, -0.25) is 0 Å². The second kappa shape index (κ2) is 12.3. The number of unbranched alkanes of at least 4 members (excludes halogenated alkanes) is 2. The fourth-order valence-corrected chi connectivity index (χ4v) is 4.29. The van der Waals surface area contributed by atoms with Crippen molar-refractivity contribution >= 4 is 21.5 Å². The molecule has 0 aliphatic heterocycles. The van der Waals surface area contributed by atoms with Gasteiger partial charge in [-0.2, -0.15) is 0 Å². The van der Waals surface area contributed by atoms with Crippen molar-refractivity contribution in [1.82, 2.24) is 0 Å². The average molecular weight is 431 g/mol. The van der Waals surface area contributed by atoms with Crippen molar-refractivity contribution in [1.29, 1.82) is 0 Å². The summed E-state index contributed by atoms with van der Waals surface area (Å²) in [7, 11) is 0. The van der Waals surface area contributed by atoms with E-state index in [-0.39, 0.29) is 0 Å². The number of rotatable bonds is 12. The topological polar surface area (TPSA) is 18.5 Å². The molecule has 0 saturated carbocycles. The van der Waals surface area contributed by atoms with Crippen molar-refractivity contribution in [3.05, 3.63) is 71.8 Å². The van der Waals surface area contributed by atoms with E-state index in [1.807, 2.05) is 0 Å². The van der Waals surface area contributed by atoms with Crippen LogP contribution in [-0.4, -0.2) is 13.2 Å². The highest BCUT2D eigenvalue weighted by Crippen LogP contribution is 2.44. The number of hydrogen-bond acceptors (Lipinski definition) is 2. The van der Waals surface area contributed by atoms with E-state index in [2.05, 4.69) is 88.4 Å². The van der Waals surface area contributed by atoms with Gasteiger partial charge in [-0.15, -0.1) is 0 Å². The summed E-state index contributed by atoms with van der Waals surface area (Å²) in [6, 6.07) is 13.2. The van der Waals surface area contributed by atoms with Crippen molar-refractivity contribution in [3.8, 4) is 11.5 Å². The van der Waals surface area contributed by atoms with Crippen molar-refractivity contribution in [2.24, 2.45) is 0 Å². The first kappa shape index (κ1) is 23.9. The maximum absolute atomic E-state index is 6.47. The number of allylic oxidation sites excluding steroid dienone is 4. The lowest BCUT2D eigenvalue weighted by molar-refractivity contribution is 0.314. The van der Waals surface area contributed by atoms with Crippen LogP contribution in [0, 0.1) is 0 Å². The van der Waals surface area contributed by atoms with Crippen molar-refractivity contribution < 1.29 is 9.47 Å². The lowest BCUT2D eigenvalue weighted by atomic mass is 9.93. The molecule has 0 bridgehead atoms. The van der Waals surface area contributed by atoms with Gasteiger partial charge in [-0.25, -0.2) is 0 Å². The van der Waals surface area contributed by atoms with E-state index in [0.717, 1.165) is 60.8 Å². The third-order valence-electron chi connectivity index (χ3n) is 6.00. The molecule has 0 aliphatic carbocycles. The van der Waals surface area contributed by atoms with Gasteiger partial charge in [-0.05, 0) is 75.6 Å². The number of fused-ring (bicyclic) bond motifs is 2.